The van der Waals surface area contributed by atoms with E-state index in [9.17, 15) is 14.7 Å². The molecular weight excluding hydrogens is 260 g/mol. The van der Waals surface area contributed by atoms with Crippen LogP contribution >= 0.6 is 0 Å². The maximum atomic E-state index is 12.4. The Morgan fingerprint density at radius 3 is 2.50 bits per heavy atom. The van der Waals surface area contributed by atoms with Gasteiger partial charge in [-0.3, -0.25) is 4.90 Å². The van der Waals surface area contributed by atoms with Crippen LogP contribution in [0.4, 0.5) is 4.79 Å². The van der Waals surface area contributed by atoms with Crippen LogP contribution in [-0.4, -0.2) is 47.4 Å². The van der Waals surface area contributed by atoms with E-state index < -0.39 is 11.5 Å². The molecule has 0 aromatic rings. The van der Waals surface area contributed by atoms with Crippen LogP contribution < -0.4 is 5.32 Å². The molecule has 0 aromatic carbocycles. The number of hydrogen-bond acceptors (Lipinski definition) is 3. The molecule has 1 unspecified atom stereocenters. The molecule has 1 aliphatic heterocycles. The van der Waals surface area contributed by atoms with E-state index in [0.29, 0.717) is 19.4 Å². The van der Waals surface area contributed by atoms with Gasteiger partial charge in [0.1, 0.15) is 11.8 Å². The second-order valence-electron chi connectivity index (χ2n) is 5.76. The highest BCUT2D eigenvalue weighted by Crippen LogP contribution is 2.29. The quantitative estimate of drug-likeness (QED) is 0.830. The first-order chi connectivity index (χ1) is 9.59. The maximum Gasteiger partial charge on any atom is 0.329 e. The fourth-order valence-electron chi connectivity index (χ4n) is 3.20. The van der Waals surface area contributed by atoms with Gasteiger partial charge in [-0.05, 0) is 32.1 Å². The molecule has 1 aliphatic carbocycles. The van der Waals surface area contributed by atoms with E-state index in [2.05, 4.69) is 5.32 Å². The van der Waals surface area contributed by atoms with Crippen LogP contribution in [0, 0.1) is 0 Å². The number of urea groups is 1. The van der Waals surface area contributed by atoms with Crippen molar-refractivity contribution in [1.82, 2.24) is 10.2 Å². The minimum absolute atomic E-state index is 0.238. The van der Waals surface area contributed by atoms with Crippen LogP contribution in [0.3, 0.4) is 0 Å². The number of likely N-dealkylation sites (tertiary alicyclic amines) is 1. The molecule has 20 heavy (non-hydrogen) atoms. The number of carbonyl (C=O) groups excluding carboxylic acids is 1. The van der Waals surface area contributed by atoms with Crippen LogP contribution in [0.1, 0.15) is 51.4 Å². The van der Waals surface area contributed by atoms with Gasteiger partial charge in [0.25, 0.3) is 0 Å². The van der Waals surface area contributed by atoms with E-state index in [1.165, 1.54) is 0 Å². The molecule has 114 valence electrons. The Bertz CT molecular complexity index is 366. The monoisotopic (exact) mass is 284 g/mol. The van der Waals surface area contributed by atoms with Crippen molar-refractivity contribution in [1.29, 1.82) is 0 Å². The van der Waals surface area contributed by atoms with Crippen molar-refractivity contribution in [2.75, 3.05) is 13.7 Å². The van der Waals surface area contributed by atoms with E-state index in [1.54, 1.807) is 12.0 Å². The van der Waals surface area contributed by atoms with Gasteiger partial charge in [-0.15, -0.1) is 0 Å². The molecule has 1 saturated heterocycles. The molecule has 0 aromatic heterocycles. The molecule has 6 nitrogen and oxygen atoms in total. The lowest BCUT2D eigenvalue weighted by Gasteiger charge is -2.39. The van der Waals surface area contributed by atoms with Crippen LogP contribution in [0.25, 0.3) is 0 Å². The van der Waals surface area contributed by atoms with E-state index in [-0.39, 0.29) is 12.3 Å². The van der Waals surface area contributed by atoms with Crippen molar-refractivity contribution in [2.24, 2.45) is 0 Å². The van der Waals surface area contributed by atoms with Gasteiger partial charge in [-0.25, -0.2) is 9.59 Å². The summed E-state index contributed by atoms with van der Waals surface area (Å²) >= 11 is 0. The SMILES string of the molecule is COC1CCCCN1C(=O)NC1(C(=O)O)CCCCC1. The van der Waals surface area contributed by atoms with Gasteiger partial charge < -0.3 is 15.2 Å². The van der Waals surface area contributed by atoms with Gasteiger partial charge in [0.2, 0.25) is 0 Å². The number of carbonyl (C=O) groups is 2. The number of nitrogens with one attached hydrogen (secondary N) is 1. The predicted octanol–water partition coefficient (Wildman–Crippen LogP) is 1.94. The predicted molar refractivity (Wildman–Crippen MR) is 73.3 cm³/mol. The van der Waals surface area contributed by atoms with Gasteiger partial charge in [-0.2, -0.15) is 0 Å². The van der Waals surface area contributed by atoms with Crippen molar-refractivity contribution >= 4 is 12.0 Å². The Labute approximate surface area is 119 Å². The third-order valence-corrected chi connectivity index (χ3v) is 4.44. The van der Waals surface area contributed by atoms with Crippen molar-refractivity contribution in [2.45, 2.75) is 63.1 Å². The molecule has 1 atom stereocenters. The Hall–Kier alpha value is -1.30. The molecule has 2 fully saturated rings. The molecule has 0 spiro atoms. The van der Waals surface area contributed by atoms with Gasteiger partial charge >= 0.3 is 12.0 Å². The second kappa shape index (κ2) is 6.43. The number of piperidine rings is 1. The van der Waals surface area contributed by atoms with Crippen molar-refractivity contribution < 1.29 is 19.4 Å². The Kier molecular flexibility index (Phi) is 4.86. The smallest absolute Gasteiger partial charge is 0.329 e. The summed E-state index contributed by atoms with van der Waals surface area (Å²) in [6, 6.07) is -0.305. The fraction of sp³-hybridized carbons (Fsp3) is 0.857. The number of methoxy groups -OCH3 is 1. The highest BCUT2D eigenvalue weighted by Gasteiger charge is 2.42. The lowest BCUT2D eigenvalue weighted by Crippen LogP contribution is -2.60. The molecule has 1 heterocycles. The number of nitrogens with zero attached hydrogens (tertiary/aromatic N) is 1. The summed E-state index contributed by atoms with van der Waals surface area (Å²) in [6.07, 6.45) is 6.30. The number of carboxylic acid groups (broad SMARTS) is 1. The van der Waals surface area contributed by atoms with Crippen LogP contribution in [0.5, 0.6) is 0 Å². The minimum atomic E-state index is -1.09. The number of ether oxygens (including phenoxy) is 1. The summed E-state index contributed by atoms with van der Waals surface area (Å²) in [5, 5.41) is 12.3. The highest BCUT2D eigenvalue weighted by atomic mass is 16.5. The molecule has 1 saturated carbocycles. The fourth-order valence-corrected chi connectivity index (χ4v) is 3.20. The largest absolute Gasteiger partial charge is 0.480 e. The third kappa shape index (κ3) is 3.06. The van der Waals surface area contributed by atoms with Gasteiger partial charge in [0, 0.05) is 13.7 Å². The van der Waals surface area contributed by atoms with E-state index in [1.807, 2.05) is 0 Å². The van der Waals surface area contributed by atoms with Gasteiger partial charge in [0.15, 0.2) is 0 Å². The standard InChI is InChI=1S/C14H24N2O4/c1-20-11-7-3-6-10-16(11)13(19)15-14(12(17)18)8-4-2-5-9-14/h11H,2-10H2,1H3,(H,15,19)(H,17,18). The van der Waals surface area contributed by atoms with Crippen LogP contribution in [0.2, 0.25) is 0 Å². The topological polar surface area (TPSA) is 78.9 Å². The molecule has 0 bridgehead atoms. The summed E-state index contributed by atoms with van der Waals surface area (Å²) in [4.78, 5) is 25.6. The second-order valence-corrected chi connectivity index (χ2v) is 5.76. The highest BCUT2D eigenvalue weighted by molar-refractivity contribution is 5.86. The third-order valence-electron chi connectivity index (χ3n) is 4.44. The molecule has 2 N–H and O–H groups in total. The molecule has 6 heteroatoms. The first-order valence-electron chi connectivity index (χ1n) is 7.44. The van der Waals surface area contributed by atoms with Crippen molar-refractivity contribution in [3.8, 4) is 0 Å². The normalized spacial score (nSPS) is 26.1. The van der Waals surface area contributed by atoms with E-state index in [0.717, 1.165) is 38.5 Å². The number of aliphatic carboxylic acids is 1. The summed E-state index contributed by atoms with van der Waals surface area (Å²) in [6.45, 7) is 0.625. The lowest BCUT2D eigenvalue weighted by atomic mass is 9.82. The number of carboxylic acids is 1. The Balaban J connectivity index is 2.05. The van der Waals surface area contributed by atoms with E-state index >= 15 is 0 Å². The summed E-state index contributed by atoms with van der Waals surface area (Å²) in [7, 11) is 1.59. The molecule has 2 amide bonds. The lowest BCUT2D eigenvalue weighted by molar-refractivity contribution is -0.146. The van der Waals surface area contributed by atoms with E-state index in [4.69, 9.17) is 4.74 Å². The van der Waals surface area contributed by atoms with Crippen LogP contribution in [-0.2, 0) is 9.53 Å². The number of rotatable bonds is 3. The van der Waals surface area contributed by atoms with Crippen molar-refractivity contribution in [3.63, 3.8) is 0 Å². The molecule has 2 aliphatic rings. The summed E-state index contributed by atoms with van der Waals surface area (Å²) in [5.74, 6) is -0.920. The average Bonchev–Trinajstić information content (AvgIpc) is 2.48. The first kappa shape index (κ1) is 15.1. The first-order valence-corrected chi connectivity index (χ1v) is 7.44. The van der Waals surface area contributed by atoms with Crippen molar-refractivity contribution in [3.05, 3.63) is 0 Å². The van der Waals surface area contributed by atoms with Gasteiger partial charge in [-0.1, -0.05) is 19.3 Å². The Morgan fingerprint density at radius 2 is 1.90 bits per heavy atom. The van der Waals surface area contributed by atoms with Gasteiger partial charge in [0.05, 0.1) is 0 Å². The maximum absolute atomic E-state index is 12.4. The summed E-state index contributed by atoms with van der Waals surface area (Å²) < 4.78 is 5.33. The summed E-state index contributed by atoms with van der Waals surface area (Å²) in [5.41, 5.74) is -1.09. The average molecular weight is 284 g/mol. The molecule has 0 radical (unpaired) electrons. The molecular formula is C14H24N2O4. The minimum Gasteiger partial charge on any atom is -0.480 e. The zero-order valence-electron chi connectivity index (χ0n) is 12.1. The van der Waals surface area contributed by atoms with Crippen LogP contribution in [0.15, 0.2) is 0 Å². The zero-order chi connectivity index (χ0) is 14.6. The molecule has 2 rings (SSSR count). The Morgan fingerprint density at radius 1 is 1.20 bits per heavy atom. The number of amides is 2. The number of hydrogen-bond donors (Lipinski definition) is 2. The zero-order valence-corrected chi connectivity index (χ0v) is 12.1.